The van der Waals surface area contributed by atoms with E-state index in [1.807, 2.05) is 24.3 Å². The number of anilines is 1. The maximum Gasteiger partial charge on any atom is 0.223 e. The molecule has 2 aliphatic heterocycles. The van der Waals surface area contributed by atoms with Crippen LogP contribution >= 0.6 is 0 Å². The van der Waals surface area contributed by atoms with Crippen LogP contribution in [-0.2, 0) is 0 Å². The number of hydrogen-bond acceptors (Lipinski definition) is 9. The number of piperidine rings is 1. The third-order valence-electron chi connectivity index (χ3n) is 6.45. The van der Waals surface area contributed by atoms with Gasteiger partial charge in [0.05, 0.1) is 31.2 Å². The van der Waals surface area contributed by atoms with E-state index in [0.717, 1.165) is 24.2 Å². The first-order chi connectivity index (χ1) is 15.6. The molecular formula is C23H27N7O2. The molecule has 5 rings (SSSR count). The minimum atomic E-state index is 0.455. The SMILES string of the molecule is COc1cc(-c2ccc(-c3ccc(N(C)C4CC5CCC(C4)N5)nn3)nc2OC)ncn1. The number of ether oxygens (including phenoxy) is 2. The second-order valence-corrected chi connectivity index (χ2v) is 8.35. The highest BCUT2D eigenvalue weighted by Crippen LogP contribution is 2.32. The summed E-state index contributed by atoms with van der Waals surface area (Å²) in [7, 11) is 5.27. The van der Waals surface area contributed by atoms with Crippen molar-refractivity contribution in [3.05, 3.63) is 36.7 Å². The first-order valence-electron chi connectivity index (χ1n) is 10.9. The first-order valence-corrected chi connectivity index (χ1v) is 10.9. The Kier molecular flexibility index (Phi) is 5.57. The average molecular weight is 434 g/mol. The van der Waals surface area contributed by atoms with Crippen molar-refractivity contribution < 1.29 is 9.47 Å². The predicted molar refractivity (Wildman–Crippen MR) is 121 cm³/mol. The maximum absolute atomic E-state index is 5.53. The zero-order valence-corrected chi connectivity index (χ0v) is 18.5. The van der Waals surface area contributed by atoms with Gasteiger partial charge in [-0.2, -0.15) is 0 Å². The van der Waals surface area contributed by atoms with Crippen molar-refractivity contribution in [2.45, 2.75) is 43.8 Å². The van der Waals surface area contributed by atoms with E-state index in [1.165, 1.54) is 19.2 Å². The van der Waals surface area contributed by atoms with Gasteiger partial charge in [0.15, 0.2) is 5.82 Å². The number of nitrogens with one attached hydrogen (secondary N) is 1. The van der Waals surface area contributed by atoms with Crippen molar-refractivity contribution in [1.82, 2.24) is 30.5 Å². The summed E-state index contributed by atoms with van der Waals surface area (Å²) < 4.78 is 10.7. The summed E-state index contributed by atoms with van der Waals surface area (Å²) in [5.41, 5.74) is 2.81. The molecule has 0 spiro atoms. The van der Waals surface area contributed by atoms with Gasteiger partial charge in [-0.05, 0) is 49.9 Å². The quantitative estimate of drug-likeness (QED) is 0.629. The van der Waals surface area contributed by atoms with Crippen molar-refractivity contribution >= 4 is 5.82 Å². The maximum atomic E-state index is 5.53. The van der Waals surface area contributed by atoms with E-state index in [2.05, 4.69) is 42.4 Å². The summed E-state index contributed by atoms with van der Waals surface area (Å²) in [6.45, 7) is 0. The second-order valence-electron chi connectivity index (χ2n) is 8.35. The Hall–Kier alpha value is -3.33. The molecule has 166 valence electrons. The van der Waals surface area contributed by atoms with E-state index in [4.69, 9.17) is 9.47 Å². The lowest BCUT2D eigenvalue weighted by Gasteiger charge is -2.36. The third kappa shape index (κ3) is 3.95. The Labute approximate surface area is 187 Å². The van der Waals surface area contributed by atoms with Gasteiger partial charge in [-0.25, -0.2) is 15.0 Å². The summed E-state index contributed by atoms with van der Waals surface area (Å²) in [5, 5.41) is 12.6. The zero-order chi connectivity index (χ0) is 22.1. The Morgan fingerprint density at radius 3 is 2.38 bits per heavy atom. The second kappa shape index (κ2) is 8.66. The lowest BCUT2D eigenvalue weighted by Crippen LogP contribution is -2.47. The highest BCUT2D eigenvalue weighted by Gasteiger charge is 2.35. The summed E-state index contributed by atoms with van der Waals surface area (Å²) >= 11 is 0. The lowest BCUT2D eigenvalue weighted by atomic mass is 9.98. The molecule has 0 amide bonds. The van der Waals surface area contributed by atoms with Crippen LogP contribution in [0, 0.1) is 0 Å². The highest BCUT2D eigenvalue weighted by molar-refractivity contribution is 5.69. The first kappa shape index (κ1) is 20.6. The number of rotatable bonds is 6. The fourth-order valence-corrected chi connectivity index (χ4v) is 4.71. The molecule has 9 heteroatoms. The number of fused-ring (bicyclic) bond motifs is 2. The molecule has 0 aliphatic carbocycles. The summed E-state index contributed by atoms with van der Waals surface area (Å²) in [6, 6.07) is 11.3. The fourth-order valence-electron chi connectivity index (χ4n) is 4.71. The third-order valence-corrected chi connectivity index (χ3v) is 6.45. The summed E-state index contributed by atoms with van der Waals surface area (Å²) in [6.07, 6.45) is 6.33. The van der Waals surface area contributed by atoms with Crippen LogP contribution in [0.3, 0.4) is 0 Å². The van der Waals surface area contributed by atoms with Crippen LogP contribution in [-0.4, -0.2) is 64.5 Å². The Morgan fingerprint density at radius 2 is 1.69 bits per heavy atom. The molecule has 2 unspecified atom stereocenters. The molecule has 32 heavy (non-hydrogen) atoms. The topological polar surface area (TPSA) is 98.2 Å². The predicted octanol–water partition coefficient (Wildman–Crippen LogP) is 2.73. The number of methoxy groups -OCH3 is 2. The van der Waals surface area contributed by atoms with E-state index in [-0.39, 0.29) is 0 Å². The summed E-state index contributed by atoms with van der Waals surface area (Å²) in [5.74, 6) is 1.82. The van der Waals surface area contributed by atoms with E-state index in [0.29, 0.717) is 47.0 Å². The Bertz CT molecular complexity index is 1080. The van der Waals surface area contributed by atoms with Gasteiger partial charge in [0.2, 0.25) is 11.8 Å². The minimum Gasteiger partial charge on any atom is -0.481 e. The van der Waals surface area contributed by atoms with Crippen LogP contribution in [0.4, 0.5) is 5.82 Å². The van der Waals surface area contributed by atoms with Crippen LogP contribution in [0.2, 0.25) is 0 Å². The van der Waals surface area contributed by atoms with Crippen molar-refractivity contribution in [2.24, 2.45) is 0 Å². The fraction of sp³-hybridized carbons (Fsp3) is 0.435. The lowest BCUT2D eigenvalue weighted by molar-refractivity contribution is 0.353. The molecule has 0 aromatic carbocycles. The van der Waals surface area contributed by atoms with E-state index in [1.54, 1.807) is 20.3 Å². The van der Waals surface area contributed by atoms with Gasteiger partial charge >= 0.3 is 0 Å². The molecule has 2 fully saturated rings. The number of aromatic nitrogens is 5. The van der Waals surface area contributed by atoms with Gasteiger partial charge in [0.25, 0.3) is 0 Å². The van der Waals surface area contributed by atoms with Crippen LogP contribution in [0.25, 0.3) is 22.6 Å². The molecule has 5 heterocycles. The highest BCUT2D eigenvalue weighted by atomic mass is 16.5. The van der Waals surface area contributed by atoms with E-state index < -0.39 is 0 Å². The minimum absolute atomic E-state index is 0.455. The smallest absolute Gasteiger partial charge is 0.223 e. The van der Waals surface area contributed by atoms with Gasteiger partial charge in [0, 0.05) is 31.2 Å². The number of nitrogens with zero attached hydrogens (tertiary/aromatic N) is 6. The van der Waals surface area contributed by atoms with Gasteiger partial charge in [0.1, 0.15) is 12.0 Å². The monoisotopic (exact) mass is 433 g/mol. The number of pyridine rings is 1. The van der Waals surface area contributed by atoms with Crippen molar-refractivity contribution in [2.75, 3.05) is 26.2 Å². The zero-order valence-electron chi connectivity index (χ0n) is 18.5. The molecule has 3 aromatic rings. The van der Waals surface area contributed by atoms with Gasteiger partial charge < -0.3 is 19.7 Å². The molecule has 9 nitrogen and oxygen atoms in total. The van der Waals surface area contributed by atoms with E-state index >= 15 is 0 Å². The Morgan fingerprint density at radius 1 is 0.906 bits per heavy atom. The molecular weight excluding hydrogens is 406 g/mol. The molecule has 2 saturated heterocycles. The van der Waals surface area contributed by atoms with Crippen molar-refractivity contribution in [3.63, 3.8) is 0 Å². The van der Waals surface area contributed by atoms with Crippen LogP contribution in [0.15, 0.2) is 36.7 Å². The largest absolute Gasteiger partial charge is 0.481 e. The Balaban J connectivity index is 1.36. The van der Waals surface area contributed by atoms with Gasteiger partial charge in [-0.15, -0.1) is 10.2 Å². The molecule has 1 N–H and O–H groups in total. The van der Waals surface area contributed by atoms with Crippen molar-refractivity contribution in [3.8, 4) is 34.4 Å². The van der Waals surface area contributed by atoms with Crippen LogP contribution in [0.1, 0.15) is 25.7 Å². The van der Waals surface area contributed by atoms with E-state index in [9.17, 15) is 0 Å². The normalized spacial score (nSPS) is 21.9. The van der Waals surface area contributed by atoms with Crippen molar-refractivity contribution in [1.29, 1.82) is 0 Å². The molecule has 0 saturated carbocycles. The molecule has 3 aromatic heterocycles. The molecule has 2 aliphatic rings. The summed E-state index contributed by atoms with van der Waals surface area (Å²) in [4.78, 5) is 15.3. The average Bonchev–Trinajstić information content (AvgIpc) is 3.20. The van der Waals surface area contributed by atoms with Crippen LogP contribution < -0.4 is 19.7 Å². The van der Waals surface area contributed by atoms with Gasteiger partial charge in [-0.3, -0.25) is 0 Å². The van der Waals surface area contributed by atoms with Gasteiger partial charge in [-0.1, -0.05) is 0 Å². The molecule has 2 bridgehead atoms. The van der Waals surface area contributed by atoms with Crippen LogP contribution in [0.5, 0.6) is 11.8 Å². The molecule has 2 atom stereocenters. The molecule has 0 radical (unpaired) electrons. The number of hydrogen-bond donors (Lipinski definition) is 1. The standard InChI is InChI=1S/C23H27N7O2/c1-30(16-10-14-4-5-15(11-16)26-14)21-9-8-19(28-29-21)18-7-6-17(23(27-18)32-3)20-12-22(31-2)25-13-24-20/h6-9,12-16,26H,4-5,10-11H2,1-3H3.